The summed E-state index contributed by atoms with van der Waals surface area (Å²) in [5.41, 5.74) is 6.09. The summed E-state index contributed by atoms with van der Waals surface area (Å²) < 4.78 is 28.3. The second-order valence-electron chi connectivity index (χ2n) is 4.75. The minimum Gasteiger partial charge on any atom is -0.388 e. The quantitative estimate of drug-likeness (QED) is 0.478. The number of nitrogens with two attached hydrogens (primary N) is 1. The van der Waals surface area contributed by atoms with E-state index in [9.17, 15) is 8.42 Å². The van der Waals surface area contributed by atoms with Crippen molar-refractivity contribution in [1.29, 1.82) is 5.41 Å². The molecule has 0 aliphatic heterocycles. The number of aromatic nitrogens is 1. The summed E-state index contributed by atoms with van der Waals surface area (Å²) in [6.07, 6.45) is 3.44. The van der Waals surface area contributed by atoms with Crippen molar-refractivity contribution in [2.24, 2.45) is 5.73 Å². The maximum absolute atomic E-state index is 12.2. The van der Waals surface area contributed by atoms with Crippen molar-refractivity contribution in [2.45, 2.75) is 32.9 Å². The Hall–Kier alpha value is -1.51. The van der Waals surface area contributed by atoms with Crippen LogP contribution >= 0.6 is 0 Å². The Morgan fingerprint density at radius 3 is 2.75 bits per heavy atom. The summed E-state index contributed by atoms with van der Waals surface area (Å²) in [7, 11) is -3.61. The van der Waals surface area contributed by atoms with Gasteiger partial charge in [-0.05, 0) is 25.5 Å². The van der Waals surface area contributed by atoms with Crippen molar-refractivity contribution in [3.63, 3.8) is 0 Å². The van der Waals surface area contributed by atoms with Crippen LogP contribution in [-0.2, 0) is 16.8 Å². The average Bonchev–Trinajstić information content (AvgIpc) is 2.33. The predicted molar refractivity (Wildman–Crippen MR) is 78.4 cm³/mol. The fourth-order valence-electron chi connectivity index (χ4n) is 1.60. The molecule has 1 heterocycles. The van der Waals surface area contributed by atoms with Gasteiger partial charge in [0.2, 0.25) is 0 Å². The Balaban J connectivity index is 2.87. The molecule has 20 heavy (non-hydrogen) atoms. The van der Waals surface area contributed by atoms with E-state index in [1.807, 2.05) is 0 Å². The molecule has 1 rings (SSSR count). The highest BCUT2D eigenvalue weighted by Crippen LogP contribution is 2.08. The Bertz CT molecular complexity index is 530. The SMILES string of the molecule is CC(C)NS(=O)(=O)N(CCC(=N)N)Cc1cccnc1. The molecule has 0 spiro atoms. The second kappa shape index (κ2) is 7.32. The van der Waals surface area contributed by atoms with E-state index in [4.69, 9.17) is 11.1 Å². The summed E-state index contributed by atoms with van der Waals surface area (Å²) in [6, 6.07) is 3.35. The van der Waals surface area contributed by atoms with E-state index in [-0.39, 0.29) is 31.4 Å². The van der Waals surface area contributed by atoms with E-state index in [0.29, 0.717) is 0 Å². The zero-order valence-corrected chi connectivity index (χ0v) is 12.5. The van der Waals surface area contributed by atoms with Crippen LogP contribution in [0.2, 0.25) is 0 Å². The molecule has 0 aromatic carbocycles. The van der Waals surface area contributed by atoms with Gasteiger partial charge in [0.1, 0.15) is 0 Å². The first-order valence-corrected chi connectivity index (χ1v) is 7.74. The number of pyridine rings is 1. The molecule has 4 N–H and O–H groups in total. The molecule has 0 fully saturated rings. The van der Waals surface area contributed by atoms with Gasteiger partial charge in [0.25, 0.3) is 10.2 Å². The third kappa shape index (κ3) is 5.64. The van der Waals surface area contributed by atoms with Gasteiger partial charge in [-0.1, -0.05) is 6.07 Å². The van der Waals surface area contributed by atoms with Crippen molar-refractivity contribution < 1.29 is 8.42 Å². The highest BCUT2D eigenvalue weighted by Gasteiger charge is 2.22. The van der Waals surface area contributed by atoms with Crippen LogP contribution in [0.25, 0.3) is 0 Å². The van der Waals surface area contributed by atoms with Crippen LogP contribution in [-0.4, -0.2) is 36.1 Å². The smallest absolute Gasteiger partial charge is 0.279 e. The topological polar surface area (TPSA) is 112 Å². The van der Waals surface area contributed by atoms with Crippen molar-refractivity contribution in [3.05, 3.63) is 30.1 Å². The Morgan fingerprint density at radius 1 is 1.55 bits per heavy atom. The van der Waals surface area contributed by atoms with Crippen molar-refractivity contribution in [3.8, 4) is 0 Å². The number of hydrogen-bond donors (Lipinski definition) is 3. The van der Waals surface area contributed by atoms with Crippen LogP contribution in [0, 0.1) is 5.41 Å². The van der Waals surface area contributed by atoms with E-state index < -0.39 is 10.2 Å². The first kappa shape index (κ1) is 16.5. The Kier molecular flexibility index (Phi) is 6.05. The molecular weight excluding hydrogens is 278 g/mol. The summed E-state index contributed by atoms with van der Waals surface area (Å²) in [6.45, 7) is 3.87. The summed E-state index contributed by atoms with van der Waals surface area (Å²) in [5, 5.41) is 7.24. The van der Waals surface area contributed by atoms with Crippen molar-refractivity contribution in [2.75, 3.05) is 6.54 Å². The Labute approximate surface area is 119 Å². The van der Waals surface area contributed by atoms with Gasteiger partial charge in [0, 0.05) is 37.9 Å². The average molecular weight is 299 g/mol. The molecule has 112 valence electrons. The lowest BCUT2D eigenvalue weighted by atomic mass is 10.3. The minimum atomic E-state index is -3.61. The summed E-state index contributed by atoms with van der Waals surface area (Å²) >= 11 is 0. The zero-order chi connectivity index (χ0) is 15.2. The molecule has 0 atom stereocenters. The van der Waals surface area contributed by atoms with E-state index in [2.05, 4.69) is 9.71 Å². The van der Waals surface area contributed by atoms with E-state index >= 15 is 0 Å². The molecule has 1 aromatic heterocycles. The molecule has 0 radical (unpaired) electrons. The fourth-order valence-corrected chi connectivity index (χ4v) is 2.99. The van der Waals surface area contributed by atoms with E-state index in [1.165, 1.54) is 4.31 Å². The normalized spacial score (nSPS) is 12.0. The van der Waals surface area contributed by atoms with Gasteiger partial charge in [-0.25, -0.2) is 0 Å². The van der Waals surface area contributed by atoms with Gasteiger partial charge < -0.3 is 5.73 Å². The molecule has 0 aliphatic rings. The largest absolute Gasteiger partial charge is 0.388 e. The van der Waals surface area contributed by atoms with Crippen LogP contribution in [0.4, 0.5) is 0 Å². The van der Waals surface area contributed by atoms with Crippen LogP contribution in [0.15, 0.2) is 24.5 Å². The maximum atomic E-state index is 12.2. The zero-order valence-electron chi connectivity index (χ0n) is 11.7. The lowest BCUT2D eigenvalue weighted by Gasteiger charge is -2.23. The van der Waals surface area contributed by atoms with Gasteiger partial charge >= 0.3 is 0 Å². The van der Waals surface area contributed by atoms with Gasteiger partial charge in [-0.15, -0.1) is 0 Å². The van der Waals surface area contributed by atoms with Crippen molar-refractivity contribution >= 4 is 16.0 Å². The van der Waals surface area contributed by atoms with Crippen molar-refractivity contribution in [1.82, 2.24) is 14.0 Å². The Morgan fingerprint density at radius 2 is 2.25 bits per heavy atom. The number of nitrogens with one attached hydrogen (secondary N) is 2. The van der Waals surface area contributed by atoms with Gasteiger partial charge in [-0.3, -0.25) is 10.4 Å². The lowest BCUT2D eigenvalue weighted by Crippen LogP contribution is -2.44. The maximum Gasteiger partial charge on any atom is 0.279 e. The monoisotopic (exact) mass is 299 g/mol. The van der Waals surface area contributed by atoms with Crippen LogP contribution < -0.4 is 10.5 Å². The number of amidine groups is 1. The molecule has 0 saturated heterocycles. The molecule has 0 unspecified atom stereocenters. The van der Waals surface area contributed by atoms with E-state index in [1.54, 1.807) is 38.4 Å². The standard InChI is InChI=1S/C12H21N5O2S/c1-10(2)16-20(18,19)17(7-5-12(13)14)9-11-4-3-6-15-8-11/h3-4,6,8,10,16H,5,7,9H2,1-2H3,(H3,13,14). The molecule has 0 bridgehead atoms. The molecule has 0 aliphatic carbocycles. The molecule has 0 saturated carbocycles. The van der Waals surface area contributed by atoms with E-state index in [0.717, 1.165) is 5.56 Å². The molecule has 7 nitrogen and oxygen atoms in total. The number of rotatable bonds is 8. The summed E-state index contributed by atoms with van der Waals surface area (Å²) in [4.78, 5) is 3.97. The van der Waals surface area contributed by atoms with Crippen LogP contribution in [0.5, 0.6) is 0 Å². The lowest BCUT2D eigenvalue weighted by molar-refractivity contribution is 0.402. The second-order valence-corrected chi connectivity index (χ2v) is 6.45. The molecular formula is C12H21N5O2S. The number of nitrogens with zero attached hydrogens (tertiary/aromatic N) is 2. The highest BCUT2D eigenvalue weighted by molar-refractivity contribution is 7.87. The third-order valence-corrected chi connectivity index (χ3v) is 4.20. The number of hydrogen-bond acceptors (Lipinski definition) is 4. The molecule has 8 heteroatoms. The predicted octanol–water partition coefficient (Wildman–Crippen LogP) is 0.452. The first-order chi connectivity index (χ1) is 9.31. The van der Waals surface area contributed by atoms with Crippen LogP contribution in [0.3, 0.4) is 0 Å². The van der Waals surface area contributed by atoms with Crippen LogP contribution in [0.1, 0.15) is 25.8 Å². The first-order valence-electron chi connectivity index (χ1n) is 6.30. The molecule has 0 amide bonds. The van der Waals surface area contributed by atoms with Gasteiger partial charge in [-0.2, -0.15) is 17.4 Å². The fraction of sp³-hybridized carbons (Fsp3) is 0.500. The minimum absolute atomic E-state index is 0.0408. The summed E-state index contributed by atoms with van der Waals surface area (Å²) in [5.74, 6) is -0.0408. The highest BCUT2D eigenvalue weighted by atomic mass is 32.2. The third-order valence-electron chi connectivity index (χ3n) is 2.44. The molecule has 1 aromatic rings. The van der Waals surface area contributed by atoms with Gasteiger partial charge in [0.05, 0.1) is 5.84 Å². The van der Waals surface area contributed by atoms with Gasteiger partial charge in [0.15, 0.2) is 0 Å².